The average molecular weight is 199 g/mol. The van der Waals surface area contributed by atoms with E-state index >= 15 is 0 Å². The van der Waals surface area contributed by atoms with Crippen LogP contribution in [0.5, 0.6) is 0 Å². The maximum absolute atomic E-state index is 5.80. The number of unbranched alkanes of at least 4 members (excludes halogenated alkanes) is 1. The van der Waals surface area contributed by atoms with Crippen LogP contribution in [0.3, 0.4) is 0 Å². The minimum atomic E-state index is -1.01. The van der Waals surface area contributed by atoms with Gasteiger partial charge in [0, 0.05) is 11.4 Å². The Balaban J connectivity index is 3.28. The molecule has 0 aliphatic carbocycles. The molecule has 0 aliphatic rings. The summed E-state index contributed by atoms with van der Waals surface area (Å²) < 4.78 is 0. The van der Waals surface area contributed by atoms with Crippen molar-refractivity contribution in [3.05, 3.63) is 0 Å². The van der Waals surface area contributed by atoms with E-state index in [0.717, 1.165) is 17.8 Å². The van der Waals surface area contributed by atoms with E-state index in [2.05, 4.69) is 13.1 Å². The van der Waals surface area contributed by atoms with Crippen molar-refractivity contribution in [3.8, 4) is 0 Å². The zero-order valence-electron chi connectivity index (χ0n) is 6.79. The summed E-state index contributed by atoms with van der Waals surface area (Å²) in [6.07, 6.45) is 2.41. The summed E-state index contributed by atoms with van der Waals surface area (Å²) in [5.74, 6) is 0.798. The van der Waals surface area contributed by atoms with Gasteiger partial charge in [-0.2, -0.15) is 0 Å². The molecule has 3 heteroatoms. The van der Waals surface area contributed by atoms with Crippen molar-refractivity contribution in [2.45, 2.75) is 32.0 Å². The Morgan fingerprint density at radius 1 is 1.10 bits per heavy atom. The molecule has 0 amide bonds. The molecule has 0 fully saturated rings. The summed E-state index contributed by atoms with van der Waals surface area (Å²) in [5, 5.41) is 0. The van der Waals surface area contributed by atoms with Crippen LogP contribution in [0.2, 0.25) is 19.1 Å². The normalized spacial score (nSPS) is 12.0. The topological polar surface area (TPSA) is 0 Å². The Morgan fingerprint density at radius 2 is 1.70 bits per heavy atom. The molecule has 0 aromatic heterocycles. The van der Waals surface area contributed by atoms with Crippen LogP contribution in [0.1, 0.15) is 12.8 Å². The Morgan fingerprint density at radius 3 is 2.10 bits per heavy atom. The van der Waals surface area contributed by atoms with Crippen molar-refractivity contribution in [1.29, 1.82) is 0 Å². The molecule has 0 rings (SSSR count). The van der Waals surface area contributed by atoms with Crippen molar-refractivity contribution in [3.63, 3.8) is 0 Å². The van der Waals surface area contributed by atoms with Crippen LogP contribution in [0.25, 0.3) is 0 Å². The number of halogens is 2. The fourth-order valence-corrected chi connectivity index (χ4v) is 2.70. The van der Waals surface area contributed by atoms with Gasteiger partial charge in [-0.1, -0.05) is 25.6 Å². The number of rotatable bonds is 5. The van der Waals surface area contributed by atoms with Crippen molar-refractivity contribution < 1.29 is 0 Å². The van der Waals surface area contributed by atoms with Gasteiger partial charge in [0.2, 0.25) is 0 Å². The largest absolute Gasteiger partial charge is 0.130 e. The predicted molar refractivity (Wildman–Crippen MR) is 53.0 cm³/mol. The molecule has 0 saturated heterocycles. The van der Waals surface area contributed by atoms with E-state index in [1.807, 2.05) is 0 Å². The maximum atomic E-state index is 5.80. The van der Waals surface area contributed by atoms with Crippen LogP contribution < -0.4 is 0 Å². The maximum Gasteiger partial charge on any atom is 0.0639 e. The first-order chi connectivity index (χ1) is 4.62. The highest BCUT2D eigenvalue weighted by Crippen LogP contribution is 2.14. The van der Waals surface area contributed by atoms with Crippen LogP contribution >= 0.6 is 23.2 Å². The third-order valence-corrected chi connectivity index (χ3v) is 6.47. The van der Waals surface area contributed by atoms with E-state index < -0.39 is 8.07 Å². The zero-order chi connectivity index (χ0) is 8.04. The first kappa shape index (κ1) is 10.8. The van der Waals surface area contributed by atoms with Crippen molar-refractivity contribution in [2.75, 3.05) is 11.4 Å². The first-order valence-electron chi connectivity index (χ1n) is 3.74. The molecule has 0 aliphatic heterocycles. The molecule has 0 atom stereocenters. The highest BCUT2D eigenvalue weighted by molar-refractivity contribution is 6.83. The second kappa shape index (κ2) is 5.45. The lowest BCUT2D eigenvalue weighted by atomic mass is 10.4. The van der Waals surface area contributed by atoms with E-state index in [4.69, 9.17) is 23.2 Å². The highest BCUT2D eigenvalue weighted by Gasteiger charge is 2.17. The van der Waals surface area contributed by atoms with Crippen molar-refractivity contribution >= 4 is 31.3 Å². The highest BCUT2D eigenvalue weighted by atomic mass is 35.5. The third-order valence-electron chi connectivity index (χ3n) is 1.60. The second-order valence-electron chi connectivity index (χ2n) is 3.44. The molecule has 0 N–H and O–H groups in total. The molecule has 0 nitrogen and oxygen atoms in total. The molecular weight excluding hydrogens is 183 g/mol. The van der Waals surface area contributed by atoms with E-state index in [1.165, 1.54) is 12.5 Å². The SMILES string of the molecule is C[Si](C)(CCl)CCCCCl. The summed E-state index contributed by atoms with van der Waals surface area (Å²) in [6, 6.07) is 1.32. The molecule has 0 radical (unpaired) electrons. The van der Waals surface area contributed by atoms with Gasteiger partial charge in [-0.05, 0) is 6.42 Å². The lowest BCUT2D eigenvalue weighted by molar-refractivity contribution is 0.874. The molecule has 0 unspecified atom stereocenters. The molecule has 0 spiro atoms. The van der Waals surface area contributed by atoms with Gasteiger partial charge in [-0.25, -0.2) is 0 Å². The first-order valence-corrected chi connectivity index (χ1v) is 8.22. The van der Waals surface area contributed by atoms with Gasteiger partial charge >= 0.3 is 0 Å². The minimum absolute atomic E-state index is 0.798. The van der Waals surface area contributed by atoms with Crippen molar-refractivity contribution in [1.82, 2.24) is 0 Å². The molecular formula is C7H16Cl2Si. The van der Waals surface area contributed by atoms with E-state index in [9.17, 15) is 0 Å². The third kappa shape index (κ3) is 5.57. The Kier molecular flexibility index (Phi) is 5.88. The predicted octanol–water partition coefficient (Wildman–Crippen LogP) is 3.49. The van der Waals surface area contributed by atoms with Gasteiger partial charge in [0.1, 0.15) is 0 Å². The Hall–Kier alpha value is 0.797. The molecule has 0 heterocycles. The Labute approximate surface area is 74.9 Å². The van der Waals surface area contributed by atoms with E-state index in [0.29, 0.717) is 0 Å². The molecule has 0 aromatic carbocycles. The van der Waals surface area contributed by atoms with E-state index in [1.54, 1.807) is 0 Å². The second-order valence-corrected chi connectivity index (χ2v) is 9.72. The fraction of sp³-hybridized carbons (Fsp3) is 1.00. The number of hydrogen-bond donors (Lipinski definition) is 0. The minimum Gasteiger partial charge on any atom is -0.130 e. The average Bonchev–Trinajstić information content (AvgIpc) is 1.89. The van der Waals surface area contributed by atoms with Crippen LogP contribution in [-0.4, -0.2) is 19.5 Å². The van der Waals surface area contributed by atoms with Gasteiger partial charge in [0.05, 0.1) is 8.07 Å². The fourth-order valence-electron chi connectivity index (χ4n) is 0.765. The summed E-state index contributed by atoms with van der Waals surface area (Å²) in [4.78, 5) is 0. The summed E-state index contributed by atoms with van der Waals surface area (Å²) >= 11 is 11.4. The Bertz CT molecular complexity index is 83.7. The quantitative estimate of drug-likeness (QED) is 0.361. The van der Waals surface area contributed by atoms with Gasteiger partial charge in [0.25, 0.3) is 0 Å². The zero-order valence-corrected chi connectivity index (χ0v) is 9.30. The summed E-state index contributed by atoms with van der Waals surface area (Å²) in [6.45, 7) is 4.66. The molecule has 62 valence electrons. The standard InChI is InChI=1S/C7H16Cl2Si/c1-10(2,7-9)6-4-3-5-8/h3-7H2,1-2H3. The number of alkyl halides is 2. The lowest BCUT2D eigenvalue weighted by Gasteiger charge is -2.17. The molecule has 0 aromatic rings. The summed E-state index contributed by atoms with van der Waals surface area (Å²) in [5.41, 5.74) is 0.884. The van der Waals surface area contributed by atoms with Gasteiger partial charge in [-0.3, -0.25) is 0 Å². The monoisotopic (exact) mass is 198 g/mol. The van der Waals surface area contributed by atoms with Gasteiger partial charge in [0.15, 0.2) is 0 Å². The van der Waals surface area contributed by atoms with Crippen molar-refractivity contribution in [2.24, 2.45) is 0 Å². The van der Waals surface area contributed by atoms with E-state index in [-0.39, 0.29) is 0 Å². The lowest BCUT2D eigenvalue weighted by Crippen LogP contribution is -2.27. The van der Waals surface area contributed by atoms with Crippen LogP contribution in [0, 0.1) is 0 Å². The smallest absolute Gasteiger partial charge is 0.0639 e. The number of hydrogen-bond acceptors (Lipinski definition) is 0. The van der Waals surface area contributed by atoms with Gasteiger partial charge in [-0.15, -0.1) is 23.2 Å². The summed E-state index contributed by atoms with van der Waals surface area (Å²) in [7, 11) is -1.01. The van der Waals surface area contributed by atoms with Gasteiger partial charge < -0.3 is 0 Å². The molecule has 0 saturated carbocycles. The van der Waals surface area contributed by atoms with Crippen LogP contribution in [0.4, 0.5) is 0 Å². The molecule has 10 heavy (non-hydrogen) atoms. The van der Waals surface area contributed by atoms with Crippen LogP contribution in [0.15, 0.2) is 0 Å². The van der Waals surface area contributed by atoms with Crippen LogP contribution in [-0.2, 0) is 0 Å². The molecule has 0 bridgehead atoms.